The zero-order chi connectivity index (χ0) is 14.3. The fourth-order valence-electron chi connectivity index (χ4n) is 1.77. The smallest absolute Gasteiger partial charge is 0.399 e. The van der Waals surface area contributed by atoms with Crippen molar-refractivity contribution in [1.29, 1.82) is 0 Å². The van der Waals surface area contributed by atoms with Gasteiger partial charge in [-0.25, -0.2) is 0 Å². The maximum absolute atomic E-state index is 12.3. The maximum Gasteiger partial charge on any atom is 0.534 e. The van der Waals surface area contributed by atoms with Gasteiger partial charge >= 0.3 is 15.6 Å². The Kier molecular flexibility index (Phi) is 3.21. The van der Waals surface area contributed by atoms with Gasteiger partial charge in [0.05, 0.1) is 5.70 Å². The van der Waals surface area contributed by atoms with Crippen LogP contribution in [0.4, 0.5) is 13.2 Å². The van der Waals surface area contributed by atoms with Crippen LogP contribution in [-0.4, -0.2) is 13.9 Å². The van der Waals surface area contributed by atoms with Crippen LogP contribution in [0.2, 0.25) is 0 Å². The number of alkyl halides is 3. The third kappa shape index (κ3) is 2.53. The molecule has 1 aliphatic rings. The van der Waals surface area contributed by atoms with Gasteiger partial charge < -0.3 is 9.92 Å². The number of nitrogens with two attached hydrogens (primary N) is 1. The van der Waals surface area contributed by atoms with Gasteiger partial charge in [-0.1, -0.05) is 24.3 Å². The zero-order valence-electron chi connectivity index (χ0n) is 9.57. The van der Waals surface area contributed by atoms with Crippen LogP contribution in [0, 0.1) is 0 Å². The second-order valence-corrected chi connectivity index (χ2v) is 5.53. The minimum Gasteiger partial charge on any atom is -0.399 e. The van der Waals surface area contributed by atoms with Crippen LogP contribution >= 0.6 is 0 Å². The lowest BCUT2D eigenvalue weighted by atomic mass is 9.94. The van der Waals surface area contributed by atoms with E-state index in [1.807, 2.05) is 0 Å². The van der Waals surface area contributed by atoms with Crippen LogP contribution < -0.4 is 5.73 Å². The van der Waals surface area contributed by atoms with E-state index in [4.69, 9.17) is 5.73 Å². The first-order chi connectivity index (χ1) is 8.72. The summed E-state index contributed by atoms with van der Waals surface area (Å²) in [7, 11) is -5.71. The minimum absolute atomic E-state index is 0.00785. The molecule has 0 aliphatic heterocycles. The lowest BCUT2D eigenvalue weighted by molar-refractivity contribution is -0.0509. The van der Waals surface area contributed by atoms with Crippen LogP contribution in [0.5, 0.6) is 0 Å². The van der Waals surface area contributed by atoms with Crippen LogP contribution in [-0.2, 0) is 20.7 Å². The highest BCUT2D eigenvalue weighted by atomic mass is 32.2. The molecule has 2 N–H and O–H groups in total. The summed E-state index contributed by atoms with van der Waals surface area (Å²) in [5.41, 5.74) is 1.05. The van der Waals surface area contributed by atoms with Crippen molar-refractivity contribution in [2.75, 3.05) is 0 Å². The van der Waals surface area contributed by atoms with Gasteiger partial charge in [0.15, 0.2) is 5.76 Å². The normalized spacial score (nSPS) is 16.2. The summed E-state index contributed by atoms with van der Waals surface area (Å²) >= 11 is 0. The standard InChI is InChI=1S/C11H10F3NO3S/c12-11(13,14)19(16,17)18-10-8-4-2-1-3-7(8)5-6-9(10)15/h1-4H,5-6,15H2. The monoisotopic (exact) mass is 293 g/mol. The molecule has 0 saturated carbocycles. The quantitative estimate of drug-likeness (QED) is 0.670. The van der Waals surface area contributed by atoms with Gasteiger partial charge in [-0.05, 0) is 18.4 Å². The van der Waals surface area contributed by atoms with E-state index in [1.165, 1.54) is 6.07 Å². The first-order valence-electron chi connectivity index (χ1n) is 5.30. The summed E-state index contributed by atoms with van der Waals surface area (Å²) in [6.07, 6.45) is 0.778. The molecule has 0 fully saturated rings. The maximum atomic E-state index is 12.3. The van der Waals surface area contributed by atoms with Crippen molar-refractivity contribution in [2.45, 2.75) is 18.3 Å². The van der Waals surface area contributed by atoms with Crippen LogP contribution in [0.1, 0.15) is 17.5 Å². The molecule has 0 atom stereocenters. The predicted octanol–water partition coefficient (Wildman–Crippen LogP) is 2.13. The molecule has 0 spiro atoms. The SMILES string of the molecule is NC1=C(OS(=O)(=O)C(F)(F)F)c2ccccc2CC1. The number of halogens is 3. The van der Waals surface area contributed by atoms with Gasteiger partial charge in [0.25, 0.3) is 0 Å². The van der Waals surface area contributed by atoms with E-state index in [1.54, 1.807) is 18.2 Å². The molecule has 0 aromatic heterocycles. The fraction of sp³-hybridized carbons (Fsp3) is 0.273. The van der Waals surface area contributed by atoms with Crippen molar-refractivity contribution in [2.24, 2.45) is 5.73 Å². The first kappa shape index (κ1) is 13.7. The number of aryl methyl sites for hydroxylation is 1. The van der Waals surface area contributed by atoms with Gasteiger partial charge in [0, 0.05) is 5.56 Å². The molecule has 1 aliphatic carbocycles. The minimum atomic E-state index is -5.71. The second-order valence-electron chi connectivity index (χ2n) is 3.99. The molecule has 0 bridgehead atoms. The van der Waals surface area contributed by atoms with Crippen molar-refractivity contribution < 1.29 is 25.8 Å². The lowest BCUT2D eigenvalue weighted by Gasteiger charge is -2.21. The number of benzene rings is 1. The van der Waals surface area contributed by atoms with Gasteiger partial charge in [-0.15, -0.1) is 0 Å². The summed E-state index contributed by atoms with van der Waals surface area (Å²) < 4.78 is 63.2. The van der Waals surface area contributed by atoms with Crippen LogP contribution in [0.15, 0.2) is 30.0 Å². The predicted molar refractivity (Wildman–Crippen MR) is 61.9 cm³/mol. The molecule has 0 unspecified atom stereocenters. The third-order valence-electron chi connectivity index (χ3n) is 2.69. The third-order valence-corrected chi connectivity index (χ3v) is 3.65. The number of hydrogen-bond acceptors (Lipinski definition) is 4. The van der Waals surface area contributed by atoms with Gasteiger partial charge in [0.2, 0.25) is 0 Å². The summed E-state index contributed by atoms with van der Waals surface area (Å²) in [5, 5.41) is 0. The first-order valence-corrected chi connectivity index (χ1v) is 6.71. The number of fused-ring (bicyclic) bond motifs is 1. The van der Waals surface area contributed by atoms with Crippen LogP contribution in [0.3, 0.4) is 0 Å². The van der Waals surface area contributed by atoms with E-state index in [2.05, 4.69) is 4.18 Å². The topological polar surface area (TPSA) is 69.4 Å². The van der Waals surface area contributed by atoms with E-state index in [9.17, 15) is 21.6 Å². The molecule has 1 aromatic rings. The molecule has 0 saturated heterocycles. The molecule has 2 rings (SSSR count). The van der Waals surface area contributed by atoms with Gasteiger partial charge in [-0.3, -0.25) is 0 Å². The zero-order valence-corrected chi connectivity index (χ0v) is 10.4. The Hall–Kier alpha value is -1.70. The molecule has 8 heteroatoms. The molecule has 0 amide bonds. The van der Waals surface area contributed by atoms with Crippen molar-refractivity contribution >= 4 is 15.9 Å². The average Bonchev–Trinajstić information content (AvgIpc) is 2.31. The Morgan fingerprint density at radius 2 is 1.79 bits per heavy atom. The van der Waals surface area contributed by atoms with E-state index in [0.717, 1.165) is 0 Å². The highest BCUT2D eigenvalue weighted by molar-refractivity contribution is 7.87. The highest BCUT2D eigenvalue weighted by Crippen LogP contribution is 2.35. The summed E-state index contributed by atoms with van der Waals surface area (Å²) in [4.78, 5) is 0. The van der Waals surface area contributed by atoms with E-state index in [-0.39, 0.29) is 17.7 Å². The molecule has 1 aromatic carbocycles. The lowest BCUT2D eigenvalue weighted by Crippen LogP contribution is -2.27. The Labute approximate surface area is 107 Å². The van der Waals surface area contributed by atoms with Crippen molar-refractivity contribution in [1.82, 2.24) is 0 Å². The fourth-order valence-corrected chi connectivity index (χ4v) is 2.28. The molecule has 0 radical (unpaired) electrons. The summed E-state index contributed by atoms with van der Waals surface area (Å²) in [5.74, 6) is -0.431. The van der Waals surface area contributed by atoms with E-state index >= 15 is 0 Å². The number of hydrogen-bond donors (Lipinski definition) is 1. The number of allylic oxidation sites excluding steroid dienone is 1. The molecule has 4 nitrogen and oxygen atoms in total. The molecule has 19 heavy (non-hydrogen) atoms. The summed E-state index contributed by atoms with van der Waals surface area (Å²) in [6.45, 7) is 0. The van der Waals surface area contributed by atoms with Gasteiger partial charge in [0.1, 0.15) is 0 Å². The van der Waals surface area contributed by atoms with E-state index in [0.29, 0.717) is 12.0 Å². The van der Waals surface area contributed by atoms with Crippen molar-refractivity contribution in [3.05, 3.63) is 41.1 Å². The molecular weight excluding hydrogens is 283 g/mol. The number of rotatable bonds is 2. The molecule has 0 heterocycles. The molecule has 104 valence electrons. The Morgan fingerprint density at radius 1 is 1.16 bits per heavy atom. The van der Waals surface area contributed by atoms with Crippen molar-refractivity contribution in [3.8, 4) is 0 Å². The van der Waals surface area contributed by atoms with Gasteiger partial charge in [-0.2, -0.15) is 21.6 Å². The van der Waals surface area contributed by atoms with Crippen molar-refractivity contribution in [3.63, 3.8) is 0 Å². The van der Waals surface area contributed by atoms with E-state index < -0.39 is 21.4 Å². The molecular formula is C11H10F3NO3S. The highest BCUT2D eigenvalue weighted by Gasteiger charge is 2.49. The Balaban J connectivity index is 2.45. The second kappa shape index (κ2) is 4.44. The average molecular weight is 293 g/mol. The Bertz CT molecular complexity index is 635. The summed E-state index contributed by atoms with van der Waals surface area (Å²) in [6, 6.07) is 6.44. The largest absolute Gasteiger partial charge is 0.534 e. The Morgan fingerprint density at radius 3 is 2.42 bits per heavy atom. The van der Waals surface area contributed by atoms with Crippen LogP contribution in [0.25, 0.3) is 5.76 Å².